The molecule has 0 aromatic carbocycles. The van der Waals surface area contributed by atoms with Crippen molar-refractivity contribution in [2.24, 2.45) is 13.0 Å². The lowest BCUT2D eigenvalue weighted by molar-refractivity contribution is 0.510. The van der Waals surface area contributed by atoms with Crippen molar-refractivity contribution in [1.82, 2.24) is 19.3 Å². The van der Waals surface area contributed by atoms with Crippen LogP contribution in [0.2, 0.25) is 0 Å². The van der Waals surface area contributed by atoms with Crippen LogP contribution < -0.4 is 0 Å². The van der Waals surface area contributed by atoms with Crippen LogP contribution in [0.25, 0.3) is 11.2 Å². The van der Waals surface area contributed by atoms with Crippen LogP contribution in [-0.4, -0.2) is 19.3 Å². The summed E-state index contributed by atoms with van der Waals surface area (Å²) in [5.41, 5.74) is 3.39. The van der Waals surface area contributed by atoms with E-state index >= 15 is 0 Å². The molecule has 0 aliphatic carbocycles. The van der Waals surface area contributed by atoms with Gasteiger partial charge in [-0.2, -0.15) is 5.10 Å². The molecular weight excluding hydrogens is 256 g/mol. The third-order valence-electron chi connectivity index (χ3n) is 3.47. The molecule has 0 aliphatic heterocycles. The van der Waals surface area contributed by atoms with Gasteiger partial charge in [-0.05, 0) is 37.4 Å². The minimum absolute atomic E-state index is 0.741. The predicted octanol–water partition coefficient (Wildman–Crippen LogP) is 3.82. The highest BCUT2D eigenvalue weighted by Gasteiger charge is 2.14. The van der Waals surface area contributed by atoms with E-state index in [9.17, 15) is 0 Å². The molecular formula is C14H24N4S. The number of rotatable bonds is 6. The first kappa shape index (κ1) is 14.3. The Hall–Kier alpha value is -1.10. The van der Waals surface area contributed by atoms with Crippen LogP contribution in [0.5, 0.6) is 0 Å². The number of aryl methyl sites for hydroxylation is 3. The zero-order valence-electron chi connectivity index (χ0n) is 12.4. The van der Waals surface area contributed by atoms with E-state index in [0.717, 1.165) is 53.4 Å². The fourth-order valence-electron chi connectivity index (χ4n) is 2.55. The molecule has 19 heavy (non-hydrogen) atoms. The van der Waals surface area contributed by atoms with Crippen molar-refractivity contribution in [2.45, 2.75) is 53.0 Å². The second kappa shape index (κ2) is 5.90. The molecule has 0 saturated carbocycles. The molecule has 0 aliphatic rings. The van der Waals surface area contributed by atoms with E-state index in [-0.39, 0.29) is 0 Å². The average Bonchev–Trinajstić information content (AvgIpc) is 2.79. The summed E-state index contributed by atoms with van der Waals surface area (Å²) in [5.74, 6) is 0.741. The van der Waals surface area contributed by atoms with Crippen LogP contribution in [-0.2, 0) is 20.0 Å². The normalized spacial score (nSPS) is 11.8. The Morgan fingerprint density at radius 2 is 2.11 bits per heavy atom. The molecule has 0 unspecified atom stereocenters. The molecule has 0 radical (unpaired) electrons. The number of H-pyrrole nitrogens is 1. The minimum atomic E-state index is 0.741. The summed E-state index contributed by atoms with van der Waals surface area (Å²) in [6.07, 6.45) is 4.49. The van der Waals surface area contributed by atoms with Gasteiger partial charge in [-0.25, -0.2) is 0 Å². The largest absolute Gasteiger partial charge is 0.328 e. The van der Waals surface area contributed by atoms with Crippen molar-refractivity contribution in [3.05, 3.63) is 10.5 Å². The van der Waals surface area contributed by atoms with E-state index in [2.05, 4.69) is 35.4 Å². The van der Waals surface area contributed by atoms with Crippen molar-refractivity contribution in [2.75, 3.05) is 0 Å². The van der Waals surface area contributed by atoms with Crippen LogP contribution in [0.15, 0.2) is 0 Å². The highest BCUT2D eigenvalue weighted by molar-refractivity contribution is 7.71. The molecule has 0 amide bonds. The maximum absolute atomic E-state index is 5.46. The Morgan fingerprint density at radius 3 is 2.74 bits per heavy atom. The molecule has 106 valence electrons. The van der Waals surface area contributed by atoms with Crippen LogP contribution in [0.3, 0.4) is 0 Å². The fourth-order valence-corrected chi connectivity index (χ4v) is 2.83. The highest BCUT2D eigenvalue weighted by Crippen LogP contribution is 2.20. The van der Waals surface area contributed by atoms with Gasteiger partial charge in [0.05, 0.1) is 5.69 Å². The van der Waals surface area contributed by atoms with Gasteiger partial charge in [0.25, 0.3) is 0 Å². The Labute approximate surface area is 119 Å². The maximum Gasteiger partial charge on any atom is 0.179 e. The Kier molecular flexibility index (Phi) is 4.45. The molecule has 0 spiro atoms. The Bertz CT molecular complexity index is 603. The summed E-state index contributed by atoms with van der Waals surface area (Å²) in [5, 5.41) is 4.60. The molecule has 5 heteroatoms. The Morgan fingerprint density at radius 1 is 1.37 bits per heavy atom. The number of hydrogen-bond donors (Lipinski definition) is 1. The number of aromatic nitrogens is 4. The Balaban J connectivity index is 2.33. The second-order valence-corrected chi connectivity index (χ2v) is 6.02. The lowest BCUT2D eigenvalue weighted by Gasteiger charge is -2.06. The summed E-state index contributed by atoms with van der Waals surface area (Å²) >= 11 is 5.46. The molecule has 2 aromatic heterocycles. The quantitative estimate of drug-likeness (QED) is 0.817. The molecule has 2 aromatic rings. The van der Waals surface area contributed by atoms with Gasteiger partial charge in [-0.3, -0.25) is 4.68 Å². The highest BCUT2D eigenvalue weighted by atomic mass is 32.1. The van der Waals surface area contributed by atoms with Gasteiger partial charge < -0.3 is 9.55 Å². The van der Waals surface area contributed by atoms with Crippen molar-refractivity contribution >= 4 is 23.4 Å². The molecule has 4 nitrogen and oxygen atoms in total. The molecule has 1 N–H and O–H groups in total. The topological polar surface area (TPSA) is 38.5 Å². The number of hydrogen-bond acceptors (Lipinski definition) is 2. The van der Waals surface area contributed by atoms with Crippen molar-refractivity contribution in [3.63, 3.8) is 0 Å². The number of nitrogens with zero attached hydrogens (tertiary/aromatic N) is 3. The van der Waals surface area contributed by atoms with Gasteiger partial charge in [-0.15, -0.1) is 0 Å². The summed E-state index contributed by atoms with van der Waals surface area (Å²) < 4.78 is 4.98. The third-order valence-corrected chi connectivity index (χ3v) is 3.79. The lowest BCUT2D eigenvalue weighted by Crippen LogP contribution is -2.04. The summed E-state index contributed by atoms with van der Waals surface area (Å²) in [6, 6.07) is 0. The molecule has 2 rings (SSSR count). The van der Waals surface area contributed by atoms with E-state index in [0.29, 0.717) is 0 Å². The number of fused-ring (bicyclic) bond motifs is 1. The third kappa shape index (κ3) is 2.91. The summed E-state index contributed by atoms with van der Waals surface area (Å²) in [7, 11) is 2.00. The van der Waals surface area contributed by atoms with E-state index in [1.807, 2.05) is 11.7 Å². The zero-order valence-corrected chi connectivity index (χ0v) is 13.2. The molecule has 0 fully saturated rings. The van der Waals surface area contributed by atoms with E-state index < -0.39 is 0 Å². The van der Waals surface area contributed by atoms with Gasteiger partial charge in [0.2, 0.25) is 0 Å². The van der Waals surface area contributed by atoms with Crippen LogP contribution in [0, 0.1) is 10.7 Å². The predicted molar refractivity (Wildman–Crippen MR) is 82.0 cm³/mol. The van der Waals surface area contributed by atoms with Crippen LogP contribution in [0.1, 0.15) is 45.7 Å². The monoisotopic (exact) mass is 280 g/mol. The van der Waals surface area contributed by atoms with Gasteiger partial charge in [0, 0.05) is 13.6 Å². The SMILES string of the molecule is CCCc1nn(C)c2c1[nH]c(=S)n2CCCC(C)C. The van der Waals surface area contributed by atoms with Crippen molar-refractivity contribution < 1.29 is 0 Å². The maximum atomic E-state index is 5.46. The second-order valence-electron chi connectivity index (χ2n) is 5.64. The molecule has 0 bridgehead atoms. The van der Waals surface area contributed by atoms with Gasteiger partial charge in [-0.1, -0.05) is 27.2 Å². The van der Waals surface area contributed by atoms with E-state index in [1.54, 1.807) is 0 Å². The fraction of sp³-hybridized carbons (Fsp3) is 0.714. The van der Waals surface area contributed by atoms with Gasteiger partial charge in [0.15, 0.2) is 10.4 Å². The summed E-state index contributed by atoms with van der Waals surface area (Å²) in [4.78, 5) is 3.33. The van der Waals surface area contributed by atoms with Gasteiger partial charge in [0.1, 0.15) is 5.52 Å². The van der Waals surface area contributed by atoms with Crippen LogP contribution >= 0.6 is 12.2 Å². The molecule has 0 saturated heterocycles. The molecule has 2 heterocycles. The lowest BCUT2D eigenvalue weighted by atomic mass is 10.1. The number of aromatic amines is 1. The number of nitrogens with one attached hydrogen (secondary N) is 1. The average molecular weight is 280 g/mol. The van der Waals surface area contributed by atoms with Gasteiger partial charge >= 0.3 is 0 Å². The van der Waals surface area contributed by atoms with Crippen molar-refractivity contribution in [1.29, 1.82) is 0 Å². The summed E-state index contributed by atoms with van der Waals surface area (Å²) in [6.45, 7) is 7.67. The zero-order chi connectivity index (χ0) is 14.0. The minimum Gasteiger partial charge on any atom is -0.328 e. The standard InChI is InChI=1S/C14H24N4S/c1-5-7-11-12-13(17(4)16-11)18(14(19)15-12)9-6-8-10(2)3/h10H,5-9H2,1-4H3,(H,15,19). The van der Waals surface area contributed by atoms with E-state index in [4.69, 9.17) is 12.2 Å². The first-order valence-corrected chi connectivity index (χ1v) is 7.59. The first-order valence-electron chi connectivity index (χ1n) is 7.19. The van der Waals surface area contributed by atoms with Crippen molar-refractivity contribution in [3.8, 4) is 0 Å². The first-order chi connectivity index (χ1) is 9.04. The van der Waals surface area contributed by atoms with Crippen LogP contribution in [0.4, 0.5) is 0 Å². The number of imidazole rings is 1. The van der Waals surface area contributed by atoms with E-state index in [1.165, 1.54) is 6.42 Å². The smallest absolute Gasteiger partial charge is 0.179 e. The molecule has 0 atom stereocenters.